The molecule has 1 saturated carbocycles. The Kier molecular flexibility index (Phi) is 2.39. The van der Waals surface area contributed by atoms with Crippen LogP contribution < -0.4 is 5.73 Å². The van der Waals surface area contributed by atoms with Crippen molar-refractivity contribution in [3.05, 3.63) is 0 Å². The third-order valence-corrected chi connectivity index (χ3v) is 3.81. The van der Waals surface area contributed by atoms with Crippen molar-refractivity contribution in [1.82, 2.24) is 4.90 Å². The SMILES string of the molecule is COC[C@@]12CCC[C@@H]1CN(C(=N)N)C2. The molecule has 14 heavy (non-hydrogen) atoms. The minimum absolute atomic E-state index is 0.217. The van der Waals surface area contributed by atoms with E-state index in [0.29, 0.717) is 11.3 Å². The van der Waals surface area contributed by atoms with Gasteiger partial charge in [0.15, 0.2) is 5.96 Å². The molecule has 0 radical (unpaired) electrons. The molecule has 4 nitrogen and oxygen atoms in total. The molecule has 0 aromatic rings. The van der Waals surface area contributed by atoms with Gasteiger partial charge in [0.2, 0.25) is 0 Å². The molecule has 0 spiro atoms. The van der Waals surface area contributed by atoms with Crippen LogP contribution in [0, 0.1) is 16.7 Å². The van der Waals surface area contributed by atoms with Gasteiger partial charge in [0, 0.05) is 25.6 Å². The average Bonchev–Trinajstić information content (AvgIpc) is 2.60. The second kappa shape index (κ2) is 3.42. The van der Waals surface area contributed by atoms with Crippen LogP contribution in [0.15, 0.2) is 0 Å². The maximum atomic E-state index is 7.45. The zero-order valence-corrected chi connectivity index (χ0v) is 8.75. The second-order valence-corrected chi connectivity index (χ2v) is 4.65. The number of hydrogen-bond donors (Lipinski definition) is 2. The Morgan fingerprint density at radius 1 is 1.71 bits per heavy atom. The first-order valence-corrected chi connectivity index (χ1v) is 5.26. The van der Waals surface area contributed by atoms with Crippen molar-refractivity contribution in [2.24, 2.45) is 17.1 Å². The van der Waals surface area contributed by atoms with E-state index in [2.05, 4.69) is 0 Å². The quantitative estimate of drug-likeness (QED) is 0.504. The van der Waals surface area contributed by atoms with E-state index in [-0.39, 0.29) is 5.96 Å². The summed E-state index contributed by atoms with van der Waals surface area (Å²) in [5.41, 5.74) is 5.82. The highest BCUT2D eigenvalue weighted by Gasteiger charge is 2.49. The van der Waals surface area contributed by atoms with Gasteiger partial charge in [-0.2, -0.15) is 0 Å². The van der Waals surface area contributed by atoms with Gasteiger partial charge in [-0.3, -0.25) is 5.41 Å². The number of nitrogens with zero attached hydrogens (tertiary/aromatic N) is 1. The van der Waals surface area contributed by atoms with Crippen LogP contribution in [0.4, 0.5) is 0 Å². The lowest BCUT2D eigenvalue weighted by molar-refractivity contribution is 0.0734. The molecule has 0 unspecified atom stereocenters. The van der Waals surface area contributed by atoms with Gasteiger partial charge in [0.05, 0.1) is 6.61 Å². The van der Waals surface area contributed by atoms with Crippen LogP contribution in [-0.2, 0) is 4.74 Å². The third kappa shape index (κ3) is 1.38. The van der Waals surface area contributed by atoms with Crippen molar-refractivity contribution in [3.63, 3.8) is 0 Å². The topological polar surface area (TPSA) is 62.3 Å². The molecule has 2 atom stereocenters. The molecule has 1 heterocycles. The summed E-state index contributed by atoms with van der Waals surface area (Å²) < 4.78 is 5.32. The lowest BCUT2D eigenvalue weighted by Gasteiger charge is -2.27. The second-order valence-electron chi connectivity index (χ2n) is 4.65. The van der Waals surface area contributed by atoms with E-state index in [9.17, 15) is 0 Å². The molecule has 0 aromatic heterocycles. The Balaban J connectivity index is 2.10. The van der Waals surface area contributed by atoms with Gasteiger partial charge in [-0.15, -0.1) is 0 Å². The summed E-state index contributed by atoms with van der Waals surface area (Å²) in [5.74, 6) is 0.904. The van der Waals surface area contributed by atoms with Crippen molar-refractivity contribution in [1.29, 1.82) is 5.41 Å². The summed E-state index contributed by atoms with van der Waals surface area (Å²) in [7, 11) is 1.76. The molecule has 0 aromatic carbocycles. The number of nitrogens with one attached hydrogen (secondary N) is 1. The molecular formula is C10H19N3O. The monoisotopic (exact) mass is 197 g/mol. The van der Waals surface area contributed by atoms with Crippen LogP contribution in [-0.4, -0.2) is 37.7 Å². The van der Waals surface area contributed by atoms with E-state index >= 15 is 0 Å². The summed E-state index contributed by atoms with van der Waals surface area (Å²) in [5, 5.41) is 7.45. The molecule has 0 bridgehead atoms. The first-order valence-electron chi connectivity index (χ1n) is 5.26. The van der Waals surface area contributed by atoms with Gasteiger partial charge >= 0.3 is 0 Å². The highest BCUT2D eigenvalue weighted by atomic mass is 16.5. The van der Waals surface area contributed by atoms with Crippen molar-refractivity contribution >= 4 is 5.96 Å². The smallest absolute Gasteiger partial charge is 0.188 e. The number of rotatable bonds is 2. The zero-order chi connectivity index (χ0) is 10.2. The normalized spacial score (nSPS) is 36.1. The minimum atomic E-state index is 0.217. The fraction of sp³-hybridized carbons (Fsp3) is 0.900. The van der Waals surface area contributed by atoms with Gasteiger partial charge in [0.1, 0.15) is 0 Å². The lowest BCUT2D eigenvalue weighted by Crippen LogP contribution is -2.37. The largest absolute Gasteiger partial charge is 0.384 e. The van der Waals surface area contributed by atoms with Crippen LogP contribution in [0.3, 0.4) is 0 Å². The standard InChI is InChI=1S/C10H19N3O/c1-14-7-10-4-2-3-8(10)5-13(6-10)9(11)12/h8H,2-7H2,1H3,(H3,11,12)/t8-,10+/m1/s1. The Morgan fingerprint density at radius 2 is 2.50 bits per heavy atom. The fourth-order valence-corrected chi connectivity index (χ4v) is 3.12. The number of fused-ring (bicyclic) bond motifs is 1. The summed E-state index contributed by atoms with van der Waals surface area (Å²) in [6, 6.07) is 0. The number of nitrogens with two attached hydrogens (primary N) is 1. The van der Waals surface area contributed by atoms with Gasteiger partial charge < -0.3 is 15.4 Å². The van der Waals surface area contributed by atoms with Crippen LogP contribution in [0.2, 0.25) is 0 Å². The summed E-state index contributed by atoms with van der Waals surface area (Å²) in [6.45, 7) is 2.70. The van der Waals surface area contributed by atoms with E-state index in [0.717, 1.165) is 19.7 Å². The number of hydrogen-bond acceptors (Lipinski definition) is 2. The van der Waals surface area contributed by atoms with Gasteiger partial charge in [0.25, 0.3) is 0 Å². The predicted octanol–water partition coefficient (Wildman–Crippen LogP) is 0.628. The van der Waals surface area contributed by atoms with Gasteiger partial charge in [-0.05, 0) is 18.8 Å². The van der Waals surface area contributed by atoms with Crippen LogP contribution in [0.25, 0.3) is 0 Å². The van der Waals surface area contributed by atoms with Gasteiger partial charge in [-0.1, -0.05) is 6.42 Å². The Labute approximate surface area is 84.9 Å². The lowest BCUT2D eigenvalue weighted by atomic mass is 9.82. The zero-order valence-electron chi connectivity index (χ0n) is 8.75. The molecular weight excluding hydrogens is 178 g/mol. The first-order chi connectivity index (χ1) is 6.68. The van der Waals surface area contributed by atoms with Crippen molar-refractivity contribution in [2.45, 2.75) is 19.3 Å². The molecule has 1 saturated heterocycles. The first kappa shape index (κ1) is 9.77. The maximum Gasteiger partial charge on any atom is 0.188 e. The number of methoxy groups -OCH3 is 1. The molecule has 1 aliphatic heterocycles. The van der Waals surface area contributed by atoms with E-state index in [4.69, 9.17) is 15.9 Å². The van der Waals surface area contributed by atoms with Crippen LogP contribution in [0.1, 0.15) is 19.3 Å². The number of guanidine groups is 1. The van der Waals surface area contributed by atoms with Crippen molar-refractivity contribution in [3.8, 4) is 0 Å². The molecule has 4 heteroatoms. The summed E-state index contributed by atoms with van der Waals surface area (Å²) in [6.07, 6.45) is 3.81. The molecule has 80 valence electrons. The highest BCUT2D eigenvalue weighted by molar-refractivity contribution is 5.75. The predicted molar refractivity (Wildman–Crippen MR) is 55.1 cm³/mol. The fourth-order valence-electron chi connectivity index (χ4n) is 3.12. The van der Waals surface area contributed by atoms with Crippen LogP contribution >= 0.6 is 0 Å². The molecule has 2 rings (SSSR count). The van der Waals surface area contributed by atoms with Crippen molar-refractivity contribution < 1.29 is 4.74 Å². The Morgan fingerprint density at radius 3 is 3.14 bits per heavy atom. The van der Waals surface area contributed by atoms with Gasteiger partial charge in [-0.25, -0.2) is 0 Å². The van der Waals surface area contributed by atoms with E-state index in [1.54, 1.807) is 7.11 Å². The minimum Gasteiger partial charge on any atom is -0.384 e. The number of likely N-dealkylation sites (tertiary alicyclic amines) is 1. The molecule has 3 N–H and O–H groups in total. The van der Waals surface area contributed by atoms with Crippen LogP contribution in [0.5, 0.6) is 0 Å². The molecule has 1 aliphatic carbocycles. The van der Waals surface area contributed by atoms with E-state index in [1.165, 1.54) is 19.3 Å². The third-order valence-electron chi connectivity index (χ3n) is 3.81. The van der Waals surface area contributed by atoms with E-state index < -0.39 is 0 Å². The molecule has 2 aliphatic rings. The van der Waals surface area contributed by atoms with E-state index in [1.807, 2.05) is 4.90 Å². The number of ether oxygens (including phenoxy) is 1. The molecule has 2 fully saturated rings. The highest BCUT2D eigenvalue weighted by Crippen LogP contribution is 2.48. The summed E-state index contributed by atoms with van der Waals surface area (Å²) >= 11 is 0. The average molecular weight is 197 g/mol. The maximum absolute atomic E-state index is 7.45. The van der Waals surface area contributed by atoms with Crippen molar-refractivity contribution in [2.75, 3.05) is 26.8 Å². The summed E-state index contributed by atoms with van der Waals surface area (Å²) in [4.78, 5) is 1.99. The molecule has 0 amide bonds. The Hall–Kier alpha value is -0.770. The Bertz CT molecular complexity index is 244.